The van der Waals surface area contributed by atoms with Crippen molar-refractivity contribution in [1.29, 1.82) is 0 Å². The van der Waals surface area contributed by atoms with Crippen molar-refractivity contribution in [2.45, 2.75) is 19.3 Å². The Hall–Kier alpha value is -1.83. The van der Waals surface area contributed by atoms with E-state index in [4.69, 9.17) is 4.74 Å². The summed E-state index contributed by atoms with van der Waals surface area (Å²) in [5, 5.41) is 0. The van der Waals surface area contributed by atoms with Crippen molar-refractivity contribution in [3.8, 4) is 5.75 Å². The van der Waals surface area contributed by atoms with Gasteiger partial charge in [-0.25, -0.2) is 0 Å². The fourth-order valence-corrected chi connectivity index (χ4v) is 1.87. The van der Waals surface area contributed by atoms with Crippen LogP contribution in [0.4, 0.5) is 0 Å². The number of ether oxygens (including phenoxy) is 1. The third-order valence-electron chi connectivity index (χ3n) is 2.84. The minimum atomic E-state index is 0.241. The van der Waals surface area contributed by atoms with E-state index in [-0.39, 0.29) is 5.78 Å². The van der Waals surface area contributed by atoms with E-state index in [1.165, 1.54) is 0 Å². The van der Waals surface area contributed by atoms with Gasteiger partial charge in [0.05, 0.1) is 7.11 Å². The Balaban J connectivity index is 2.06. The Morgan fingerprint density at radius 3 is 2.53 bits per heavy atom. The summed E-state index contributed by atoms with van der Waals surface area (Å²) in [6.07, 6.45) is 8.47. The Morgan fingerprint density at radius 1 is 1.12 bits per heavy atom. The first-order valence-electron chi connectivity index (χ1n) is 5.83. The molecule has 0 fully saturated rings. The van der Waals surface area contributed by atoms with Crippen molar-refractivity contribution < 1.29 is 9.53 Å². The van der Waals surface area contributed by atoms with Crippen molar-refractivity contribution >= 4 is 11.9 Å². The maximum absolute atomic E-state index is 11.2. The molecule has 0 aromatic heterocycles. The van der Waals surface area contributed by atoms with Crippen LogP contribution in [-0.2, 0) is 4.79 Å². The molecule has 1 aliphatic carbocycles. The molecule has 0 atom stereocenters. The molecule has 0 aliphatic heterocycles. The second-order valence-electron chi connectivity index (χ2n) is 4.15. The van der Waals surface area contributed by atoms with Crippen molar-refractivity contribution in [1.82, 2.24) is 0 Å². The van der Waals surface area contributed by atoms with Crippen LogP contribution in [0.1, 0.15) is 24.8 Å². The minimum absolute atomic E-state index is 0.241. The Kier molecular flexibility index (Phi) is 3.76. The second kappa shape index (κ2) is 5.48. The summed E-state index contributed by atoms with van der Waals surface area (Å²) < 4.78 is 5.10. The van der Waals surface area contributed by atoms with Crippen LogP contribution in [0, 0.1) is 0 Å². The van der Waals surface area contributed by atoms with Crippen molar-refractivity contribution in [3.63, 3.8) is 0 Å². The lowest BCUT2D eigenvalue weighted by Gasteiger charge is -2.07. The largest absolute Gasteiger partial charge is 0.497 e. The molecular weight excluding hydrogens is 212 g/mol. The molecule has 2 rings (SSSR count). The topological polar surface area (TPSA) is 26.3 Å². The van der Waals surface area contributed by atoms with Gasteiger partial charge in [-0.1, -0.05) is 24.3 Å². The predicted molar refractivity (Wildman–Crippen MR) is 69.0 cm³/mol. The van der Waals surface area contributed by atoms with Crippen LogP contribution < -0.4 is 4.74 Å². The van der Waals surface area contributed by atoms with Crippen molar-refractivity contribution in [3.05, 3.63) is 47.6 Å². The lowest BCUT2D eigenvalue weighted by Crippen LogP contribution is -2.00. The number of hydrogen-bond acceptors (Lipinski definition) is 2. The molecule has 1 aromatic rings. The number of rotatable bonds is 3. The smallest absolute Gasteiger partial charge is 0.155 e. The zero-order valence-corrected chi connectivity index (χ0v) is 9.98. The van der Waals surface area contributed by atoms with Gasteiger partial charge in [0.1, 0.15) is 5.75 Å². The number of carbonyl (C=O) groups is 1. The highest BCUT2D eigenvalue weighted by atomic mass is 16.5. The lowest BCUT2D eigenvalue weighted by atomic mass is 9.98. The third-order valence-corrected chi connectivity index (χ3v) is 2.84. The van der Waals surface area contributed by atoms with Gasteiger partial charge < -0.3 is 4.74 Å². The van der Waals surface area contributed by atoms with Crippen LogP contribution in [0.2, 0.25) is 0 Å². The normalized spacial score (nSPS) is 16.1. The highest BCUT2D eigenvalue weighted by Gasteiger charge is 2.06. The molecule has 0 spiro atoms. The SMILES string of the molecule is COc1ccc(/C=C/C2=CC(=O)CCC2)cc1. The zero-order valence-electron chi connectivity index (χ0n) is 9.98. The highest BCUT2D eigenvalue weighted by Crippen LogP contribution is 2.18. The van der Waals surface area contributed by atoms with Crippen LogP contribution in [0.15, 0.2) is 42.0 Å². The van der Waals surface area contributed by atoms with Crippen LogP contribution in [0.5, 0.6) is 5.75 Å². The molecular formula is C15H16O2. The molecule has 0 saturated heterocycles. The summed E-state index contributed by atoms with van der Waals surface area (Å²) in [6, 6.07) is 7.86. The standard InChI is InChI=1S/C15H16O2/c1-17-15-9-7-12(8-10-15)5-6-13-3-2-4-14(16)11-13/h5-11H,2-4H2,1H3/b6-5+. The summed E-state index contributed by atoms with van der Waals surface area (Å²) in [5.74, 6) is 1.10. The van der Waals surface area contributed by atoms with Gasteiger partial charge in [0.15, 0.2) is 5.78 Å². The Bertz CT molecular complexity index is 452. The minimum Gasteiger partial charge on any atom is -0.497 e. The molecule has 0 amide bonds. The van der Waals surface area contributed by atoms with Crippen LogP contribution in [0.3, 0.4) is 0 Å². The molecule has 88 valence electrons. The average Bonchev–Trinajstić information content (AvgIpc) is 2.37. The molecule has 0 unspecified atom stereocenters. The van der Waals surface area contributed by atoms with Gasteiger partial charge in [0.25, 0.3) is 0 Å². The summed E-state index contributed by atoms with van der Waals surface area (Å²) in [7, 11) is 1.66. The summed E-state index contributed by atoms with van der Waals surface area (Å²) in [6.45, 7) is 0. The van der Waals surface area contributed by atoms with E-state index in [0.717, 1.165) is 29.7 Å². The van der Waals surface area contributed by atoms with Gasteiger partial charge in [0, 0.05) is 6.42 Å². The number of hydrogen-bond donors (Lipinski definition) is 0. The number of methoxy groups -OCH3 is 1. The van der Waals surface area contributed by atoms with Gasteiger partial charge in [-0.05, 0) is 42.2 Å². The van der Waals surface area contributed by atoms with Crippen molar-refractivity contribution in [2.24, 2.45) is 0 Å². The predicted octanol–water partition coefficient (Wildman–Crippen LogP) is 3.39. The molecule has 17 heavy (non-hydrogen) atoms. The van der Waals surface area contributed by atoms with E-state index >= 15 is 0 Å². The molecule has 2 heteroatoms. The first-order chi connectivity index (χ1) is 8.28. The molecule has 0 saturated carbocycles. The molecule has 0 radical (unpaired) electrons. The van der Waals surface area contributed by atoms with Gasteiger partial charge in [0.2, 0.25) is 0 Å². The van der Waals surface area contributed by atoms with Gasteiger partial charge >= 0.3 is 0 Å². The van der Waals surface area contributed by atoms with Crippen LogP contribution in [-0.4, -0.2) is 12.9 Å². The quantitative estimate of drug-likeness (QED) is 0.792. The molecule has 2 nitrogen and oxygen atoms in total. The van der Waals surface area contributed by atoms with Gasteiger partial charge in [-0.15, -0.1) is 0 Å². The summed E-state index contributed by atoms with van der Waals surface area (Å²) in [5.41, 5.74) is 2.24. The molecule has 0 heterocycles. The number of ketones is 1. The van der Waals surface area contributed by atoms with Crippen molar-refractivity contribution in [2.75, 3.05) is 7.11 Å². The molecule has 0 N–H and O–H groups in total. The summed E-state index contributed by atoms with van der Waals surface area (Å²) in [4.78, 5) is 11.2. The van der Waals surface area contributed by atoms with Gasteiger partial charge in [-0.3, -0.25) is 4.79 Å². The average molecular weight is 228 g/mol. The highest BCUT2D eigenvalue weighted by molar-refractivity contribution is 5.91. The Morgan fingerprint density at radius 2 is 1.88 bits per heavy atom. The Labute approximate surface area is 102 Å². The first-order valence-corrected chi connectivity index (χ1v) is 5.83. The van der Waals surface area contributed by atoms with E-state index < -0.39 is 0 Å². The van der Waals surface area contributed by atoms with Crippen LogP contribution >= 0.6 is 0 Å². The zero-order chi connectivity index (χ0) is 12.1. The number of allylic oxidation sites excluding steroid dienone is 3. The summed E-state index contributed by atoms with van der Waals surface area (Å²) >= 11 is 0. The fourth-order valence-electron chi connectivity index (χ4n) is 1.87. The van der Waals surface area contributed by atoms with E-state index in [2.05, 4.69) is 0 Å². The molecule has 0 bridgehead atoms. The second-order valence-corrected chi connectivity index (χ2v) is 4.15. The number of carbonyl (C=O) groups excluding carboxylic acids is 1. The number of benzene rings is 1. The maximum atomic E-state index is 11.2. The van der Waals surface area contributed by atoms with E-state index in [9.17, 15) is 4.79 Å². The first kappa shape index (κ1) is 11.6. The lowest BCUT2D eigenvalue weighted by molar-refractivity contribution is -0.115. The van der Waals surface area contributed by atoms with Crippen LogP contribution in [0.25, 0.3) is 6.08 Å². The molecule has 1 aliphatic rings. The van der Waals surface area contributed by atoms with E-state index in [1.54, 1.807) is 13.2 Å². The molecule has 1 aromatic carbocycles. The van der Waals surface area contributed by atoms with E-state index in [1.807, 2.05) is 36.4 Å². The third kappa shape index (κ3) is 3.31. The maximum Gasteiger partial charge on any atom is 0.155 e. The van der Waals surface area contributed by atoms with E-state index in [0.29, 0.717) is 6.42 Å². The fraction of sp³-hybridized carbons (Fsp3) is 0.267. The monoisotopic (exact) mass is 228 g/mol. The van der Waals surface area contributed by atoms with Gasteiger partial charge in [-0.2, -0.15) is 0 Å².